The zero-order valence-electron chi connectivity index (χ0n) is 11.1. The molecule has 1 aromatic rings. The Labute approximate surface area is 122 Å². The minimum Gasteiger partial charge on any atom is -0.399 e. The third kappa shape index (κ3) is 3.48. The summed E-state index contributed by atoms with van der Waals surface area (Å²) in [6, 6.07) is 5.30. The maximum atomic E-state index is 12.5. The van der Waals surface area contributed by atoms with Crippen LogP contribution in [0.25, 0.3) is 0 Å². The first-order valence-electron chi connectivity index (χ1n) is 6.57. The fraction of sp³-hybridized carbons (Fsp3) is 0.500. The summed E-state index contributed by atoms with van der Waals surface area (Å²) in [5.74, 6) is -0.00262. The molecule has 5 heteroatoms. The van der Waals surface area contributed by atoms with Crippen molar-refractivity contribution in [2.45, 2.75) is 25.9 Å². The number of hydrogen-bond donors (Lipinski definition) is 1. The summed E-state index contributed by atoms with van der Waals surface area (Å²) in [5, 5.41) is 0. The third-order valence-electron chi connectivity index (χ3n) is 3.34. The number of nitrogen functional groups attached to an aromatic ring is 1. The Morgan fingerprint density at radius 1 is 1.58 bits per heavy atom. The van der Waals surface area contributed by atoms with Crippen molar-refractivity contribution >= 4 is 27.5 Å². The number of amides is 1. The number of halogens is 1. The van der Waals surface area contributed by atoms with Gasteiger partial charge >= 0.3 is 0 Å². The summed E-state index contributed by atoms with van der Waals surface area (Å²) in [6.45, 7) is 4.10. The van der Waals surface area contributed by atoms with Crippen LogP contribution in [0, 0.1) is 0 Å². The zero-order chi connectivity index (χ0) is 13.8. The molecule has 4 nitrogen and oxygen atoms in total. The number of carbonyl (C=O) groups excluding carboxylic acids is 1. The van der Waals surface area contributed by atoms with Gasteiger partial charge in [-0.1, -0.05) is 0 Å². The Morgan fingerprint density at radius 3 is 3.00 bits per heavy atom. The molecule has 1 saturated heterocycles. The molecule has 1 aliphatic heterocycles. The van der Waals surface area contributed by atoms with E-state index < -0.39 is 0 Å². The minimum atomic E-state index is -0.00262. The molecule has 1 amide bonds. The van der Waals surface area contributed by atoms with E-state index >= 15 is 0 Å². The molecule has 1 aliphatic rings. The molecule has 0 bridgehead atoms. The van der Waals surface area contributed by atoms with Crippen LogP contribution in [-0.4, -0.2) is 36.6 Å². The van der Waals surface area contributed by atoms with Crippen LogP contribution in [0.2, 0.25) is 0 Å². The lowest BCUT2D eigenvalue weighted by Gasteiger charge is -2.24. The van der Waals surface area contributed by atoms with Crippen molar-refractivity contribution in [3.8, 4) is 0 Å². The number of carbonyl (C=O) groups is 1. The molecule has 1 aromatic carbocycles. The highest BCUT2D eigenvalue weighted by atomic mass is 79.9. The maximum Gasteiger partial charge on any atom is 0.255 e. The van der Waals surface area contributed by atoms with Crippen LogP contribution in [0.5, 0.6) is 0 Å². The fourth-order valence-corrected chi connectivity index (χ4v) is 2.68. The second kappa shape index (κ2) is 6.39. The first-order chi connectivity index (χ1) is 9.11. The SMILES string of the molecule is CCN(CC1CCCO1)C(=O)c1cc(N)ccc1Br. The molecule has 0 aliphatic carbocycles. The van der Waals surface area contributed by atoms with E-state index in [2.05, 4.69) is 15.9 Å². The Morgan fingerprint density at radius 2 is 2.37 bits per heavy atom. The molecule has 0 saturated carbocycles. The molecule has 2 rings (SSSR count). The van der Waals surface area contributed by atoms with E-state index in [1.165, 1.54) is 0 Å². The van der Waals surface area contributed by atoms with Crippen LogP contribution < -0.4 is 5.73 Å². The van der Waals surface area contributed by atoms with Crippen LogP contribution in [0.4, 0.5) is 5.69 Å². The van der Waals surface area contributed by atoms with Gasteiger partial charge < -0.3 is 15.4 Å². The van der Waals surface area contributed by atoms with E-state index in [1.807, 2.05) is 17.9 Å². The van der Waals surface area contributed by atoms with Crippen molar-refractivity contribution in [1.29, 1.82) is 0 Å². The average molecular weight is 327 g/mol. The molecule has 19 heavy (non-hydrogen) atoms. The first-order valence-corrected chi connectivity index (χ1v) is 7.37. The lowest BCUT2D eigenvalue weighted by molar-refractivity contribution is 0.0538. The van der Waals surface area contributed by atoms with Crippen molar-refractivity contribution in [3.05, 3.63) is 28.2 Å². The van der Waals surface area contributed by atoms with Crippen LogP contribution in [0.1, 0.15) is 30.1 Å². The molecule has 1 fully saturated rings. The maximum absolute atomic E-state index is 12.5. The van der Waals surface area contributed by atoms with Crippen LogP contribution >= 0.6 is 15.9 Å². The van der Waals surface area contributed by atoms with Crippen LogP contribution in [-0.2, 0) is 4.74 Å². The van der Waals surface area contributed by atoms with Crippen LogP contribution in [0.3, 0.4) is 0 Å². The first kappa shape index (κ1) is 14.3. The van der Waals surface area contributed by atoms with Crippen LogP contribution in [0.15, 0.2) is 22.7 Å². The zero-order valence-corrected chi connectivity index (χ0v) is 12.6. The lowest BCUT2D eigenvalue weighted by atomic mass is 10.1. The van der Waals surface area contributed by atoms with E-state index in [1.54, 1.807) is 12.1 Å². The molecule has 0 aromatic heterocycles. The van der Waals surface area contributed by atoms with Gasteiger partial charge in [0, 0.05) is 29.9 Å². The Kier molecular flexibility index (Phi) is 4.82. The summed E-state index contributed by atoms with van der Waals surface area (Å²) in [4.78, 5) is 14.3. The quantitative estimate of drug-likeness (QED) is 0.865. The smallest absolute Gasteiger partial charge is 0.255 e. The van der Waals surface area contributed by atoms with Crippen molar-refractivity contribution in [2.24, 2.45) is 0 Å². The van der Waals surface area contributed by atoms with E-state index in [0.717, 1.165) is 23.9 Å². The summed E-state index contributed by atoms with van der Waals surface area (Å²) in [5.41, 5.74) is 6.96. The molecule has 0 radical (unpaired) electrons. The number of rotatable bonds is 4. The van der Waals surface area contributed by atoms with E-state index in [4.69, 9.17) is 10.5 Å². The largest absolute Gasteiger partial charge is 0.399 e. The van der Waals surface area contributed by atoms with Gasteiger partial charge in [-0.05, 0) is 53.9 Å². The molecule has 2 N–H and O–H groups in total. The minimum absolute atomic E-state index is 0.00262. The molecule has 1 unspecified atom stereocenters. The van der Waals surface area contributed by atoms with Crippen molar-refractivity contribution < 1.29 is 9.53 Å². The number of nitrogens with two attached hydrogens (primary N) is 1. The highest BCUT2D eigenvalue weighted by Crippen LogP contribution is 2.22. The number of benzene rings is 1. The van der Waals surface area contributed by atoms with Gasteiger partial charge in [-0.2, -0.15) is 0 Å². The van der Waals surface area contributed by atoms with Gasteiger partial charge in [-0.15, -0.1) is 0 Å². The molecule has 0 spiro atoms. The lowest BCUT2D eigenvalue weighted by Crippen LogP contribution is -2.37. The molecule has 1 atom stereocenters. The van der Waals surface area contributed by atoms with Gasteiger partial charge in [0.25, 0.3) is 5.91 Å². The molecule has 1 heterocycles. The van der Waals surface area contributed by atoms with Gasteiger partial charge in [0.2, 0.25) is 0 Å². The number of likely N-dealkylation sites (N-methyl/N-ethyl adjacent to an activating group) is 1. The topological polar surface area (TPSA) is 55.6 Å². The Bertz CT molecular complexity index is 459. The van der Waals surface area contributed by atoms with Gasteiger partial charge in [-0.25, -0.2) is 0 Å². The van der Waals surface area contributed by atoms with Gasteiger partial charge in [0.15, 0.2) is 0 Å². The number of anilines is 1. The highest BCUT2D eigenvalue weighted by Gasteiger charge is 2.23. The molecule has 104 valence electrons. The third-order valence-corrected chi connectivity index (χ3v) is 4.03. The fourth-order valence-electron chi connectivity index (χ4n) is 2.27. The van der Waals surface area contributed by atoms with Crippen molar-refractivity contribution in [1.82, 2.24) is 4.90 Å². The van der Waals surface area contributed by atoms with Crippen molar-refractivity contribution in [2.75, 3.05) is 25.4 Å². The normalized spacial score (nSPS) is 18.5. The average Bonchev–Trinajstić information content (AvgIpc) is 2.91. The van der Waals surface area contributed by atoms with E-state index in [0.29, 0.717) is 24.3 Å². The summed E-state index contributed by atoms with van der Waals surface area (Å²) in [7, 11) is 0. The second-order valence-electron chi connectivity index (χ2n) is 4.72. The monoisotopic (exact) mass is 326 g/mol. The Hall–Kier alpha value is -1.07. The number of nitrogens with zero attached hydrogens (tertiary/aromatic N) is 1. The van der Waals surface area contributed by atoms with Gasteiger partial charge in [0.05, 0.1) is 11.7 Å². The van der Waals surface area contributed by atoms with E-state index in [-0.39, 0.29) is 12.0 Å². The molecular weight excluding hydrogens is 308 g/mol. The predicted molar refractivity (Wildman–Crippen MR) is 79.1 cm³/mol. The predicted octanol–water partition coefficient (Wildman–Crippen LogP) is 2.67. The standard InChI is InChI=1S/C14H19BrN2O2/c1-2-17(9-11-4-3-7-19-11)14(18)12-8-10(16)5-6-13(12)15/h5-6,8,11H,2-4,7,9,16H2,1H3. The summed E-state index contributed by atoms with van der Waals surface area (Å²) < 4.78 is 6.37. The summed E-state index contributed by atoms with van der Waals surface area (Å²) in [6.07, 6.45) is 2.28. The van der Waals surface area contributed by atoms with E-state index in [9.17, 15) is 4.79 Å². The number of ether oxygens (including phenoxy) is 1. The molecular formula is C14H19BrN2O2. The Balaban J connectivity index is 2.12. The van der Waals surface area contributed by atoms with Gasteiger partial charge in [-0.3, -0.25) is 4.79 Å². The van der Waals surface area contributed by atoms with Gasteiger partial charge in [0.1, 0.15) is 0 Å². The highest BCUT2D eigenvalue weighted by molar-refractivity contribution is 9.10. The number of hydrogen-bond acceptors (Lipinski definition) is 3. The van der Waals surface area contributed by atoms with Crippen molar-refractivity contribution in [3.63, 3.8) is 0 Å². The summed E-state index contributed by atoms with van der Waals surface area (Å²) >= 11 is 3.41. The second-order valence-corrected chi connectivity index (χ2v) is 5.57.